The Hall–Kier alpha value is -3.01. The van der Waals surface area contributed by atoms with Crippen molar-refractivity contribution >= 4 is 12.7 Å². The number of benzene rings is 2. The first-order valence-electron chi connectivity index (χ1n) is 9.49. The van der Waals surface area contributed by atoms with E-state index in [0.717, 1.165) is 37.2 Å². The SMILES string of the molecule is CCCc1ccc(BCc2cccc(C(F)(F)F)c2)cc1.N#CCn1ccnc1. The number of aryl methyl sites for hydroxylation is 1. The number of nitrogens with zero attached hydrogens (tertiary/aromatic N) is 3. The summed E-state index contributed by atoms with van der Waals surface area (Å²) in [6.07, 6.45) is 3.55. The molecule has 0 atom stereocenters. The summed E-state index contributed by atoms with van der Waals surface area (Å²) in [4.78, 5) is 3.75. The quantitative estimate of drug-likeness (QED) is 0.582. The Morgan fingerprint density at radius 3 is 2.45 bits per heavy atom. The third kappa shape index (κ3) is 7.86. The molecule has 150 valence electrons. The molecular formula is C22H23BF3N3. The lowest BCUT2D eigenvalue weighted by atomic mass is 9.65. The Balaban J connectivity index is 0.000000313. The average Bonchev–Trinajstić information content (AvgIpc) is 3.21. The van der Waals surface area contributed by atoms with Gasteiger partial charge in [0.1, 0.15) is 6.54 Å². The first kappa shape index (κ1) is 22.3. The van der Waals surface area contributed by atoms with Crippen molar-refractivity contribution in [2.45, 2.75) is 38.8 Å². The minimum atomic E-state index is -4.27. The number of rotatable bonds is 6. The summed E-state index contributed by atoms with van der Waals surface area (Å²) >= 11 is 0. The molecule has 0 saturated carbocycles. The van der Waals surface area contributed by atoms with Gasteiger partial charge in [0.15, 0.2) is 7.28 Å². The minimum Gasteiger partial charge on any atom is -0.324 e. The average molecular weight is 397 g/mol. The summed E-state index contributed by atoms with van der Waals surface area (Å²) < 4.78 is 39.7. The van der Waals surface area contributed by atoms with Crippen molar-refractivity contribution in [3.63, 3.8) is 0 Å². The second-order valence-electron chi connectivity index (χ2n) is 6.66. The zero-order chi connectivity index (χ0) is 21.1. The maximum atomic E-state index is 12.6. The first-order chi connectivity index (χ1) is 13.9. The predicted molar refractivity (Wildman–Crippen MR) is 110 cm³/mol. The molecular weight excluding hydrogens is 374 g/mol. The van der Waals surface area contributed by atoms with Crippen molar-refractivity contribution in [2.24, 2.45) is 0 Å². The van der Waals surface area contributed by atoms with Gasteiger partial charge in [-0.1, -0.05) is 66.8 Å². The van der Waals surface area contributed by atoms with Gasteiger partial charge in [0.25, 0.3) is 0 Å². The highest BCUT2D eigenvalue weighted by Gasteiger charge is 2.30. The van der Waals surface area contributed by atoms with Crippen LogP contribution in [0, 0.1) is 11.3 Å². The van der Waals surface area contributed by atoms with E-state index in [4.69, 9.17) is 5.26 Å². The standard InChI is InChI=1S/C17H18BF3.C5H5N3/c1-2-4-13-7-9-16(10-8-13)18-12-14-5-3-6-15(11-14)17(19,20)21;6-1-3-8-4-2-7-5-8/h3,5-11,18H,2,4,12H2,1H3;2,4-5H,3H2. The van der Waals surface area contributed by atoms with E-state index in [-0.39, 0.29) is 0 Å². The topological polar surface area (TPSA) is 41.6 Å². The fraction of sp³-hybridized carbons (Fsp3) is 0.273. The maximum Gasteiger partial charge on any atom is 0.416 e. The number of aromatic nitrogens is 2. The van der Waals surface area contributed by atoms with Crippen molar-refractivity contribution in [1.82, 2.24) is 9.55 Å². The number of hydrogen-bond acceptors (Lipinski definition) is 2. The summed E-state index contributed by atoms with van der Waals surface area (Å²) in [6.45, 7) is 2.53. The number of halogens is 3. The van der Waals surface area contributed by atoms with Crippen LogP contribution < -0.4 is 5.46 Å². The molecule has 0 bridgehead atoms. The smallest absolute Gasteiger partial charge is 0.324 e. The summed E-state index contributed by atoms with van der Waals surface area (Å²) in [6, 6.07) is 15.9. The monoisotopic (exact) mass is 397 g/mol. The molecule has 0 N–H and O–H groups in total. The maximum absolute atomic E-state index is 12.6. The van der Waals surface area contributed by atoms with Gasteiger partial charge in [0.2, 0.25) is 0 Å². The number of alkyl halides is 3. The van der Waals surface area contributed by atoms with Crippen LogP contribution in [0.2, 0.25) is 0 Å². The van der Waals surface area contributed by atoms with Gasteiger partial charge in [-0.15, -0.1) is 0 Å². The molecule has 3 nitrogen and oxygen atoms in total. The van der Waals surface area contributed by atoms with Gasteiger partial charge < -0.3 is 4.57 Å². The molecule has 0 unspecified atom stereocenters. The van der Waals surface area contributed by atoms with Gasteiger partial charge in [0, 0.05) is 12.4 Å². The van der Waals surface area contributed by atoms with E-state index in [1.807, 2.05) is 6.07 Å². The van der Waals surface area contributed by atoms with E-state index in [1.165, 1.54) is 17.7 Å². The van der Waals surface area contributed by atoms with Crippen LogP contribution in [0.5, 0.6) is 0 Å². The molecule has 0 aliphatic carbocycles. The third-order valence-electron chi connectivity index (χ3n) is 4.33. The minimum absolute atomic E-state index is 0.389. The lowest BCUT2D eigenvalue weighted by Gasteiger charge is -2.08. The van der Waals surface area contributed by atoms with E-state index in [0.29, 0.717) is 12.9 Å². The van der Waals surface area contributed by atoms with Crippen molar-refractivity contribution in [2.75, 3.05) is 0 Å². The molecule has 1 aromatic heterocycles. The summed E-state index contributed by atoms with van der Waals surface area (Å²) in [5.74, 6) is 0. The summed E-state index contributed by atoms with van der Waals surface area (Å²) in [5.41, 5.74) is 2.62. The molecule has 0 fully saturated rings. The number of nitriles is 1. The van der Waals surface area contributed by atoms with Crippen LogP contribution in [-0.2, 0) is 25.5 Å². The van der Waals surface area contributed by atoms with Crippen LogP contribution in [0.15, 0.2) is 67.3 Å². The summed E-state index contributed by atoms with van der Waals surface area (Å²) in [5, 5.41) is 8.14. The number of imidazole rings is 1. The predicted octanol–water partition coefficient (Wildman–Crippen LogP) is 4.33. The van der Waals surface area contributed by atoms with Crippen LogP contribution in [-0.4, -0.2) is 16.8 Å². The molecule has 2 aromatic carbocycles. The lowest BCUT2D eigenvalue weighted by Crippen LogP contribution is -2.17. The molecule has 0 aliphatic heterocycles. The molecule has 0 spiro atoms. The van der Waals surface area contributed by atoms with E-state index in [9.17, 15) is 13.2 Å². The van der Waals surface area contributed by atoms with Crippen LogP contribution in [0.4, 0.5) is 13.2 Å². The molecule has 0 aliphatic rings. The Morgan fingerprint density at radius 2 is 1.86 bits per heavy atom. The Kier molecular flexibility index (Phi) is 8.54. The third-order valence-corrected chi connectivity index (χ3v) is 4.33. The highest BCUT2D eigenvalue weighted by Crippen LogP contribution is 2.29. The van der Waals surface area contributed by atoms with Gasteiger partial charge in [-0.2, -0.15) is 18.4 Å². The Labute approximate surface area is 170 Å². The van der Waals surface area contributed by atoms with Gasteiger partial charge in [-0.25, -0.2) is 4.98 Å². The highest BCUT2D eigenvalue weighted by molar-refractivity contribution is 6.52. The lowest BCUT2D eigenvalue weighted by molar-refractivity contribution is -0.137. The molecule has 0 radical (unpaired) electrons. The van der Waals surface area contributed by atoms with E-state index in [2.05, 4.69) is 36.2 Å². The normalized spacial score (nSPS) is 10.6. The van der Waals surface area contributed by atoms with Gasteiger partial charge in [-0.3, -0.25) is 0 Å². The molecule has 3 rings (SSSR count). The number of hydrogen-bond donors (Lipinski definition) is 0. The van der Waals surface area contributed by atoms with Gasteiger partial charge >= 0.3 is 6.18 Å². The van der Waals surface area contributed by atoms with Crippen LogP contribution >= 0.6 is 0 Å². The van der Waals surface area contributed by atoms with Crippen molar-refractivity contribution < 1.29 is 13.2 Å². The van der Waals surface area contributed by atoms with E-state index in [1.54, 1.807) is 29.4 Å². The second-order valence-corrected chi connectivity index (χ2v) is 6.66. The molecule has 7 heteroatoms. The Morgan fingerprint density at radius 1 is 1.10 bits per heavy atom. The van der Waals surface area contributed by atoms with Crippen molar-refractivity contribution in [3.8, 4) is 6.07 Å². The van der Waals surface area contributed by atoms with Gasteiger partial charge in [0.05, 0.1) is 18.0 Å². The van der Waals surface area contributed by atoms with Crippen LogP contribution in [0.25, 0.3) is 0 Å². The molecule has 29 heavy (non-hydrogen) atoms. The van der Waals surface area contributed by atoms with Crippen LogP contribution in [0.3, 0.4) is 0 Å². The van der Waals surface area contributed by atoms with Crippen molar-refractivity contribution in [1.29, 1.82) is 5.26 Å². The second kappa shape index (κ2) is 11.1. The molecule has 3 aromatic rings. The molecule has 1 heterocycles. The van der Waals surface area contributed by atoms with E-state index < -0.39 is 11.7 Å². The van der Waals surface area contributed by atoms with E-state index >= 15 is 0 Å². The van der Waals surface area contributed by atoms with Crippen molar-refractivity contribution in [3.05, 3.63) is 83.9 Å². The zero-order valence-electron chi connectivity index (χ0n) is 16.4. The summed E-state index contributed by atoms with van der Waals surface area (Å²) in [7, 11) is 0.758. The first-order valence-corrected chi connectivity index (χ1v) is 9.49. The zero-order valence-corrected chi connectivity index (χ0v) is 16.4. The highest BCUT2D eigenvalue weighted by atomic mass is 19.4. The largest absolute Gasteiger partial charge is 0.416 e. The fourth-order valence-electron chi connectivity index (χ4n) is 2.82. The van der Waals surface area contributed by atoms with Crippen LogP contribution in [0.1, 0.15) is 30.0 Å². The van der Waals surface area contributed by atoms with Gasteiger partial charge in [-0.05, 0) is 24.4 Å². The fourth-order valence-corrected chi connectivity index (χ4v) is 2.82. The molecule has 0 saturated heterocycles. The Bertz CT molecular complexity index is 898. The molecule has 0 amide bonds.